The molecule has 136 heavy (non-hydrogen) atoms. The highest BCUT2D eigenvalue weighted by atomic mass is 32.2. The minimum absolute atomic E-state index is 0. The van der Waals surface area contributed by atoms with Crippen LogP contribution in [0.5, 0.6) is 0 Å². The number of hydrogen-bond donors (Lipinski definition) is 16. The van der Waals surface area contributed by atoms with Crippen molar-refractivity contribution in [2.75, 3.05) is 72.5 Å². The summed E-state index contributed by atoms with van der Waals surface area (Å²) in [6.45, 7) is 6.23. The Hall–Kier alpha value is -13.4. The van der Waals surface area contributed by atoms with Gasteiger partial charge in [0.1, 0.15) is 66.5 Å². The number of aromatic amines is 2. The molecule has 0 unspecified atom stereocenters. The average molecular weight is 1900 g/mol. The third-order valence-electron chi connectivity index (χ3n) is 24.1. The first kappa shape index (κ1) is 110. The van der Waals surface area contributed by atoms with Gasteiger partial charge in [0.25, 0.3) is 0 Å². The molecule has 738 valence electrons. The first-order chi connectivity index (χ1) is 64.4. The number of imidazole rings is 1. The van der Waals surface area contributed by atoms with E-state index in [-0.39, 0.29) is 97.1 Å². The normalized spacial score (nSPS) is 23.1. The SMILES string of the molecule is C.CCCC[C@H]1C(=O)N(C)[C@@H](CCCC)C(=O)N[C@@H](CCCNC(=N)N)C(=O)N[C@H](C(=O)NCC(N)=O)CSCC(=O)N[C@@H](Cc2ccccc2)C(=O)N(C)[C@@H](C)C(=O)N[C@@H](CC(N)=O)C(=O)N2CCC[C@H]2C(=O)N[C@@H](Cc2cnc[nH]2)C(=O)N[C@@H](CC(C)C)C(=O)N(C)CC(=O)C[C@@H](Cc2ccc(-c3ccccc3)cc2)C(=O)N[C@@H](CO)C(=O)C[C@@H](Cc2c[nH]c3ccccc23)C(=O)N1C. The highest BCUT2D eigenvalue weighted by Gasteiger charge is 2.44. The molecule has 0 bridgehead atoms. The number of Topliss-reactive ketones (excluding diaryl/α,β-unsaturated/α-hetero) is 2. The van der Waals surface area contributed by atoms with E-state index in [0.29, 0.717) is 59.0 Å². The molecule has 0 saturated carbocycles. The van der Waals surface area contributed by atoms with Gasteiger partial charge in [-0.1, -0.05) is 164 Å². The number of fused-ring (bicyclic) bond motifs is 2. The number of rotatable bonds is 27. The third-order valence-corrected chi connectivity index (χ3v) is 25.1. The molecule has 4 heterocycles. The largest absolute Gasteiger partial charge is 0.394 e. The second kappa shape index (κ2) is 54.2. The molecule has 40 heteroatoms. The molecule has 2 aromatic heterocycles. The summed E-state index contributed by atoms with van der Waals surface area (Å²) in [5.74, 6) is -18.7. The van der Waals surface area contributed by atoms with Crippen molar-refractivity contribution in [1.29, 1.82) is 5.41 Å². The number of aliphatic hydroxyl groups excluding tert-OH is 1. The zero-order chi connectivity index (χ0) is 98.7. The van der Waals surface area contributed by atoms with Gasteiger partial charge in [0.05, 0.1) is 38.2 Å². The number of nitrogens with two attached hydrogens (primary N) is 3. The number of benzene rings is 4. The number of aliphatic hydroxyl groups is 1. The van der Waals surface area contributed by atoms with Crippen LogP contribution in [0.25, 0.3) is 22.0 Å². The molecule has 19 N–H and O–H groups in total. The number of unbranched alkanes of at least 4 members (excludes halogenated alkanes) is 2. The molecule has 6 aromatic rings. The predicted octanol–water partition coefficient (Wildman–Crippen LogP) is 1.87. The number of primary amides is 2. The molecule has 2 fully saturated rings. The number of amides is 15. The van der Waals surface area contributed by atoms with Gasteiger partial charge < -0.3 is 105 Å². The Morgan fingerprint density at radius 1 is 0.566 bits per heavy atom. The lowest BCUT2D eigenvalue weighted by molar-refractivity contribution is -0.150. The molecule has 0 aliphatic carbocycles. The number of nitrogens with one attached hydrogen (secondary N) is 12. The van der Waals surface area contributed by atoms with E-state index in [0.717, 1.165) is 37.6 Å². The highest BCUT2D eigenvalue weighted by Crippen LogP contribution is 2.29. The van der Waals surface area contributed by atoms with Crippen LogP contribution in [0.4, 0.5) is 0 Å². The van der Waals surface area contributed by atoms with Crippen molar-refractivity contribution in [3.8, 4) is 11.1 Å². The molecule has 0 radical (unpaired) electrons. The predicted molar refractivity (Wildman–Crippen MR) is 512 cm³/mol. The number of nitrogens with zero attached hydrogens (tertiary/aromatic N) is 6. The number of guanidine groups is 1. The van der Waals surface area contributed by atoms with Crippen LogP contribution in [-0.4, -0.2) is 290 Å². The number of carbonyl (C=O) groups is 17. The summed E-state index contributed by atoms with van der Waals surface area (Å²) >= 11 is 0.801. The van der Waals surface area contributed by atoms with Crippen molar-refractivity contribution in [2.24, 2.45) is 35.0 Å². The van der Waals surface area contributed by atoms with E-state index >= 15 is 24.0 Å². The van der Waals surface area contributed by atoms with Gasteiger partial charge >= 0.3 is 0 Å². The van der Waals surface area contributed by atoms with E-state index in [1.54, 1.807) is 74.6 Å². The monoisotopic (exact) mass is 1900 g/mol. The smallest absolute Gasteiger partial charge is 0.246 e. The van der Waals surface area contributed by atoms with Crippen LogP contribution in [0.1, 0.15) is 154 Å². The standard InChI is InChI=1S/C95H131N21O18S.CH4/c1-10-12-31-76-88(128)106-69(30-22-38-101-95(98)99)86(126)111-75(85(125)103-50-81(97)121)53-135-54-82(122)105-72(42-58-24-16-14-17-25-58)92(132)113(7)57(5)83(123)108-73(47-80(96)120)93(133)116-39-23-33-77(116)89(129)107-70(46-65-49-100-55-104-65)87(127)109-71(40-56(3)4)91(131)112(6)51-66(118)44-62(41-59-34-36-61(37-35-59)60-26-18-15-19-27-60)84(124)110-74(52-117)79(119)45-63(43-64-48-102-68-29-21-20-28-67(64)68)90(130)115(9)78(32-13-11-2)94(134)114(76)8;/h14-21,24-29,34-37,48-49,55-57,62-63,69-78,102,117H,10-13,22-23,30-33,38-47,50-54H2,1-9H3,(H2,96,120)(H2,97,121)(H,100,104)(H,103,125)(H,105,122)(H,106,128)(H,107,129)(H,108,123)(H,109,127)(H,110,124)(H,111,126)(H4,98,99,101);1H4/t57-,62+,63+,69-,70-,71-,72-,73-,74-,75-,76-,77-,78-;/m0./s1. The quantitative estimate of drug-likeness (QED) is 0.0199. The van der Waals surface area contributed by atoms with Gasteiger partial charge in [0, 0.05) is 114 Å². The van der Waals surface area contributed by atoms with E-state index in [1.165, 1.54) is 57.4 Å². The summed E-state index contributed by atoms with van der Waals surface area (Å²) in [6, 6.07) is 16.1. The van der Waals surface area contributed by atoms with E-state index < -0.39 is 235 Å². The first-order valence-corrected chi connectivity index (χ1v) is 46.9. The van der Waals surface area contributed by atoms with Gasteiger partial charge in [-0.15, -0.1) is 11.8 Å². The van der Waals surface area contributed by atoms with Gasteiger partial charge in [0.2, 0.25) is 88.6 Å². The maximum atomic E-state index is 15.8. The molecule has 2 aliphatic heterocycles. The third kappa shape index (κ3) is 32.7. The summed E-state index contributed by atoms with van der Waals surface area (Å²) in [5.41, 5.74) is 21.3. The number of likely N-dealkylation sites (N-methyl/N-ethyl adjacent to an activating group) is 4. The lowest BCUT2D eigenvalue weighted by Gasteiger charge is -2.36. The van der Waals surface area contributed by atoms with Crippen LogP contribution in [0.15, 0.2) is 128 Å². The highest BCUT2D eigenvalue weighted by molar-refractivity contribution is 8.00. The number of ketones is 2. The molecular formula is C96H135N21O18S. The van der Waals surface area contributed by atoms with Gasteiger partial charge in [0.15, 0.2) is 17.5 Å². The molecule has 15 amide bonds. The lowest BCUT2D eigenvalue weighted by atomic mass is 9.89. The fraction of sp³-hybridized carbons (Fsp3) is 0.510. The zero-order valence-corrected chi connectivity index (χ0v) is 78.9. The number of H-pyrrole nitrogens is 2. The van der Waals surface area contributed by atoms with Crippen molar-refractivity contribution in [1.82, 2.24) is 87.3 Å². The van der Waals surface area contributed by atoms with E-state index in [1.807, 2.05) is 68.4 Å². The Labute approximate surface area is 797 Å². The summed E-state index contributed by atoms with van der Waals surface area (Å²) in [6.07, 6.45) is 3.73. The maximum absolute atomic E-state index is 15.8. The molecule has 4 aromatic carbocycles. The van der Waals surface area contributed by atoms with E-state index in [9.17, 15) is 62.6 Å². The second-order valence-corrected chi connectivity index (χ2v) is 36.0. The van der Waals surface area contributed by atoms with E-state index in [2.05, 4.69) is 62.8 Å². The van der Waals surface area contributed by atoms with Crippen LogP contribution in [0.3, 0.4) is 0 Å². The van der Waals surface area contributed by atoms with Crippen molar-refractivity contribution >= 4 is 129 Å². The van der Waals surface area contributed by atoms with Crippen LogP contribution in [0.2, 0.25) is 0 Å². The van der Waals surface area contributed by atoms with Gasteiger partial charge in [-0.05, 0) is 105 Å². The maximum Gasteiger partial charge on any atom is 0.246 e. The summed E-state index contributed by atoms with van der Waals surface area (Å²) in [5, 5.41) is 43.7. The van der Waals surface area contributed by atoms with Crippen molar-refractivity contribution in [3.05, 3.63) is 150 Å². The Balaban J connectivity index is 0.0000252. The fourth-order valence-electron chi connectivity index (χ4n) is 16.5. The Morgan fingerprint density at radius 3 is 1.82 bits per heavy atom. The van der Waals surface area contributed by atoms with Crippen molar-refractivity contribution < 1.29 is 86.6 Å². The summed E-state index contributed by atoms with van der Waals surface area (Å²) < 4.78 is 0. The number of carbonyl (C=O) groups excluding carboxylic acids is 17. The molecule has 2 aliphatic rings. The van der Waals surface area contributed by atoms with Crippen LogP contribution in [0, 0.1) is 23.2 Å². The van der Waals surface area contributed by atoms with Crippen LogP contribution in [-0.2, 0) is 107 Å². The minimum Gasteiger partial charge on any atom is -0.394 e. The Morgan fingerprint density at radius 2 is 1.18 bits per heavy atom. The van der Waals surface area contributed by atoms with Crippen molar-refractivity contribution in [3.63, 3.8) is 0 Å². The Bertz CT molecular complexity index is 5100. The number of para-hydroxylation sites is 1. The summed E-state index contributed by atoms with van der Waals surface area (Å²) in [4.78, 5) is 265. The fourth-order valence-corrected chi connectivity index (χ4v) is 17.4. The summed E-state index contributed by atoms with van der Waals surface area (Å²) in [7, 11) is 5.38. The molecule has 0 spiro atoms. The number of thioether (sulfide) groups is 1. The van der Waals surface area contributed by atoms with Gasteiger partial charge in [-0.3, -0.25) is 86.9 Å². The first-order valence-electron chi connectivity index (χ1n) is 45.7. The topological polar surface area (TPSA) is 581 Å². The average Bonchev–Trinajstić information content (AvgIpc) is 1.70. The number of aromatic nitrogens is 3. The Kier molecular flexibility index (Phi) is 43.7. The van der Waals surface area contributed by atoms with Crippen molar-refractivity contribution in [2.45, 2.75) is 224 Å². The lowest BCUT2D eigenvalue weighted by Crippen LogP contribution is -2.60. The van der Waals surface area contributed by atoms with Crippen LogP contribution < -0.4 is 65.1 Å². The zero-order valence-electron chi connectivity index (χ0n) is 78.1. The molecular weight excluding hydrogens is 1770 g/mol. The molecule has 13 atom stereocenters. The van der Waals surface area contributed by atoms with Gasteiger partial charge in [-0.25, -0.2) is 4.98 Å². The molecule has 2 saturated heterocycles. The van der Waals surface area contributed by atoms with E-state index in [4.69, 9.17) is 22.6 Å². The molecule has 8 rings (SSSR count). The van der Waals surface area contributed by atoms with Crippen LogP contribution >= 0.6 is 11.8 Å². The minimum atomic E-state index is -1.74. The second-order valence-electron chi connectivity index (χ2n) is 35.0. The van der Waals surface area contributed by atoms with Gasteiger partial charge in [-0.2, -0.15) is 0 Å². The molecule has 39 nitrogen and oxygen atoms in total. The number of hydrogen-bond acceptors (Lipinski definition) is 21.